The van der Waals surface area contributed by atoms with Crippen molar-refractivity contribution < 1.29 is 9.53 Å². The monoisotopic (exact) mass is 330 g/mol. The van der Waals surface area contributed by atoms with Gasteiger partial charge in [-0.15, -0.1) is 0 Å². The number of rotatable bonds is 2. The van der Waals surface area contributed by atoms with Gasteiger partial charge in [0, 0.05) is 10.6 Å². The average Bonchev–Trinajstić information content (AvgIpc) is 2.45. The third-order valence-electron chi connectivity index (χ3n) is 3.83. The lowest BCUT2D eigenvalue weighted by molar-refractivity contribution is -0.114. The Morgan fingerprint density at radius 1 is 1.26 bits per heavy atom. The molecule has 0 amide bonds. The predicted octanol–water partition coefficient (Wildman–Crippen LogP) is 3.12. The van der Waals surface area contributed by atoms with Gasteiger partial charge >= 0.3 is 0 Å². The number of allylic oxidation sites excluding steroid dienone is 2. The molecule has 0 aliphatic carbocycles. The number of aromatic amines is 1. The molecule has 0 saturated heterocycles. The quantitative estimate of drug-likeness (QED) is 0.918. The SMILES string of the molecule is CC(=O)C1=C(C)Oc2nc(C)[nH]c(=O)c2C1c1ccc(Cl)cc1. The first-order chi connectivity index (χ1) is 10.9. The van der Waals surface area contributed by atoms with Gasteiger partial charge in [0.25, 0.3) is 5.56 Å². The summed E-state index contributed by atoms with van der Waals surface area (Å²) in [7, 11) is 0. The van der Waals surface area contributed by atoms with E-state index >= 15 is 0 Å². The lowest BCUT2D eigenvalue weighted by Gasteiger charge is -2.27. The Morgan fingerprint density at radius 2 is 1.91 bits per heavy atom. The van der Waals surface area contributed by atoms with E-state index < -0.39 is 5.92 Å². The second kappa shape index (κ2) is 5.66. The van der Waals surface area contributed by atoms with Gasteiger partial charge in [-0.25, -0.2) is 0 Å². The second-order valence-corrected chi connectivity index (χ2v) is 5.92. The van der Waals surface area contributed by atoms with E-state index in [-0.39, 0.29) is 17.2 Å². The molecule has 0 fully saturated rings. The van der Waals surface area contributed by atoms with Gasteiger partial charge in [-0.05, 0) is 38.5 Å². The molecule has 1 N–H and O–H groups in total. The molecule has 5 nitrogen and oxygen atoms in total. The van der Waals surface area contributed by atoms with Crippen LogP contribution in [0.5, 0.6) is 5.88 Å². The predicted molar refractivity (Wildman–Crippen MR) is 86.9 cm³/mol. The molecule has 118 valence electrons. The van der Waals surface area contributed by atoms with Crippen LogP contribution in [0.1, 0.15) is 36.7 Å². The molecule has 1 unspecified atom stereocenters. The number of H-pyrrole nitrogens is 1. The van der Waals surface area contributed by atoms with Gasteiger partial charge < -0.3 is 9.72 Å². The first-order valence-corrected chi connectivity index (χ1v) is 7.52. The smallest absolute Gasteiger partial charge is 0.258 e. The van der Waals surface area contributed by atoms with E-state index in [9.17, 15) is 9.59 Å². The number of aryl methyl sites for hydroxylation is 1. The number of ether oxygens (including phenoxy) is 1. The van der Waals surface area contributed by atoms with E-state index in [1.165, 1.54) is 6.92 Å². The zero-order valence-electron chi connectivity index (χ0n) is 12.9. The maximum atomic E-state index is 12.5. The first kappa shape index (κ1) is 15.5. The number of carbonyl (C=O) groups excluding carboxylic acids is 1. The molecule has 23 heavy (non-hydrogen) atoms. The molecule has 0 radical (unpaired) electrons. The maximum absolute atomic E-state index is 12.5. The third-order valence-corrected chi connectivity index (χ3v) is 4.08. The van der Waals surface area contributed by atoms with E-state index in [4.69, 9.17) is 16.3 Å². The molecule has 0 saturated carbocycles. The van der Waals surface area contributed by atoms with Gasteiger partial charge in [-0.1, -0.05) is 23.7 Å². The first-order valence-electron chi connectivity index (χ1n) is 7.14. The number of nitrogens with one attached hydrogen (secondary N) is 1. The van der Waals surface area contributed by atoms with Crippen LogP contribution < -0.4 is 10.3 Å². The zero-order chi connectivity index (χ0) is 16.7. The van der Waals surface area contributed by atoms with Crippen LogP contribution in [0, 0.1) is 6.92 Å². The van der Waals surface area contributed by atoms with Crippen molar-refractivity contribution in [3.63, 3.8) is 0 Å². The number of hydrogen-bond acceptors (Lipinski definition) is 4. The number of carbonyl (C=O) groups is 1. The van der Waals surface area contributed by atoms with Crippen LogP contribution in [0.15, 0.2) is 40.4 Å². The minimum absolute atomic E-state index is 0.145. The number of benzene rings is 1. The summed E-state index contributed by atoms with van der Waals surface area (Å²) in [6.45, 7) is 4.86. The summed E-state index contributed by atoms with van der Waals surface area (Å²) in [5, 5.41) is 0.585. The van der Waals surface area contributed by atoms with Gasteiger partial charge in [-0.2, -0.15) is 4.98 Å². The Morgan fingerprint density at radius 3 is 2.52 bits per heavy atom. The van der Waals surface area contributed by atoms with E-state index in [0.29, 0.717) is 27.7 Å². The fourth-order valence-electron chi connectivity index (χ4n) is 2.89. The largest absolute Gasteiger partial charge is 0.443 e. The molecule has 6 heteroatoms. The van der Waals surface area contributed by atoms with E-state index in [1.807, 2.05) is 0 Å². The number of halogens is 1. The molecule has 0 bridgehead atoms. The minimum atomic E-state index is -0.523. The fraction of sp³-hybridized carbons (Fsp3) is 0.235. The van der Waals surface area contributed by atoms with Crippen LogP contribution in [-0.4, -0.2) is 15.8 Å². The number of nitrogens with zero attached hydrogens (tertiary/aromatic N) is 1. The van der Waals surface area contributed by atoms with Crippen LogP contribution in [0.2, 0.25) is 5.02 Å². The summed E-state index contributed by atoms with van der Waals surface area (Å²) >= 11 is 5.95. The minimum Gasteiger partial charge on any atom is -0.443 e. The molecule has 1 atom stereocenters. The number of fused-ring (bicyclic) bond motifs is 1. The van der Waals surface area contributed by atoms with E-state index in [0.717, 1.165) is 5.56 Å². The van der Waals surface area contributed by atoms with Crippen molar-refractivity contribution in [3.05, 3.63) is 67.9 Å². The average molecular weight is 331 g/mol. The summed E-state index contributed by atoms with van der Waals surface area (Å²) < 4.78 is 5.64. The summed E-state index contributed by atoms with van der Waals surface area (Å²) in [6, 6.07) is 7.07. The third kappa shape index (κ3) is 2.68. The van der Waals surface area contributed by atoms with Crippen molar-refractivity contribution in [2.24, 2.45) is 0 Å². The molecular formula is C17H15ClN2O3. The Bertz CT molecular complexity index is 882. The van der Waals surface area contributed by atoms with Crippen molar-refractivity contribution in [2.45, 2.75) is 26.7 Å². The van der Waals surface area contributed by atoms with Gasteiger partial charge in [0.2, 0.25) is 5.88 Å². The molecule has 1 aromatic heterocycles. The second-order valence-electron chi connectivity index (χ2n) is 5.48. The van der Waals surface area contributed by atoms with Crippen molar-refractivity contribution >= 4 is 17.4 Å². The zero-order valence-corrected chi connectivity index (χ0v) is 13.7. The fourth-order valence-corrected chi connectivity index (χ4v) is 3.01. The number of ketones is 1. The standard InChI is InChI=1S/C17H15ClN2O3/c1-8(21)13-9(2)23-17-15(16(22)19-10(3)20-17)14(13)11-4-6-12(18)7-5-11/h4-7,14H,1-3H3,(H,19,20,22). The van der Waals surface area contributed by atoms with Crippen LogP contribution in [0.4, 0.5) is 0 Å². The summed E-state index contributed by atoms with van der Waals surface area (Å²) in [4.78, 5) is 31.6. The summed E-state index contributed by atoms with van der Waals surface area (Å²) in [6.07, 6.45) is 0. The van der Waals surface area contributed by atoms with Crippen LogP contribution >= 0.6 is 11.6 Å². The molecule has 0 spiro atoms. The molecular weight excluding hydrogens is 316 g/mol. The van der Waals surface area contributed by atoms with Crippen molar-refractivity contribution in [1.29, 1.82) is 0 Å². The maximum Gasteiger partial charge on any atom is 0.258 e. The van der Waals surface area contributed by atoms with E-state index in [1.54, 1.807) is 38.1 Å². The highest BCUT2D eigenvalue weighted by atomic mass is 35.5. The number of hydrogen-bond donors (Lipinski definition) is 1. The van der Waals surface area contributed by atoms with Gasteiger partial charge in [0.15, 0.2) is 5.78 Å². The summed E-state index contributed by atoms with van der Waals surface area (Å²) in [5.74, 6) is 0.497. The van der Waals surface area contributed by atoms with Crippen molar-refractivity contribution in [1.82, 2.24) is 9.97 Å². The molecule has 1 aliphatic rings. The molecule has 1 aliphatic heterocycles. The highest BCUT2D eigenvalue weighted by Crippen LogP contribution is 2.40. The highest BCUT2D eigenvalue weighted by molar-refractivity contribution is 6.30. The molecule has 2 heterocycles. The van der Waals surface area contributed by atoms with Crippen molar-refractivity contribution in [3.8, 4) is 5.88 Å². The van der Waals surface area contributed by atoms with Crippen LogP contribution in [0.3, 0.4) is 0 Å². The Hall–Kier alpha value is -2.40. The normalized spacial score (nSPS) is 16.8. The Labute approximate surface area is 138 Å². The van der Waals surface area contributed by atoms with Crippen molar-refractivity contribution in [2.75, 3.05) is 0 Å². The molecule has 1 aromatic carbocycles. The lowest BCUT2D eigenvalue weighted by atomic mass is 9.82. The van der Waals surface area contributed by atoms with Crippen LogP contribution in [0.25, 0.3) is 0 Å². The Kier molecular flexibility index (Phi) is 3.82. The van der Waals surface area contributed by atoms with E-state index in [2.05, 4.69) is 9.97 Å². The van der Waals surface area contributed by atoms with Gasteiger partial charge in [0.05, 0.1) is 11.5 Å². The highest BCUT2D eigenvalue weighted by Gasteiger charge is 2.35. The number of Topliss-reactive ketones (excluding diaryl/α,β-unsaturated/α-hetero) is 1. The topological polar surface area (TPSA) is 72.0 Å². The molecule has 2 aromatic rings. The Balaban J connectivity index is 2.31. The number of aromatic nitrogens is 2. The summed E-state index contributed by atoms with van der Waals surface area (Å²) in [5.41, 5.74) is 1.28. The van der Waals surface area contributed by atoms with Gasteiger partial charge in [0.1, 0.15) is 11.6 Å². The van der Waals surface area contributed by atoms with Gasteiger partial charge in [-0.3, -0.25) is 9.59 Å². The lowest BCUT2D eigenvalue weighted by Crippen LogP contribution is -2.28. The molecule has 3 rings (SSSR count). The van der Waals surface area contributed by atoms with Crippen LogP contribution in [-0.2, 0) is 4.79 Å².